The van der Waals surface area contributed by atoms with Gasteiger partial charge in [0.2, 0.25) is 0 Å². The van der Waals surface area contributed by atoms with Gasteiger partial charge < -0.3 is 10.1 Å². The number of pyridine rings is 1. The average molecular weight is 262 g/mol. The van der Waals surface area contributed by atoms with Crippen molar-refractivity contribution < 1.29 is 4.74 Å². The van der Waals surface area contributed by atoms with Crippen molar-refractivity contribution in [2.45, 2.75) is 52.8 Å². The monoisotopic (exact) mass is 262 g/mol. The highest BCUT2D eigenvalue weighted by molar-refractivity contribution is 5.10. The lowest BCUT2D eigenvalue weighted by Gasteiger charge is -2.20. The molecule has 0 saturated carbocycles. The molecular formula is C16H26N2O. The third-order valence-electron chi connectivity index (χ3n) is 2.59. The molecule has 0 aliphatic rings. The number of nitrogens with one attached hydrogen (secondary N) is 1. The molecule has 1 N–H and O–H groups in total. The second-order valence-corrected chi connectivity index (χ2v) is 5.98. The first kappa shape index (κ1) is 15.9. The van der Waals surface area contributed by atoms with Gasteiger partial charge in [-0.15, -0.1) is 6.58 Å². The molecule has 0 amide bonds. The van der Waals surface area contributed by atoms with E-state index >= 15 is 0 Å². The molecule has 0 aliphatic heterocycles. The molecule has 0 atom stereocenters. The van der Waals surface area contributed by atoms with E-state index in [1.807, 2.05) is 25.1 Å². The summed E-state index contributed by atoms with van der Waals surface area (Å²) < 4.78 is 5.59. The molecule has 0 spiro atoms. The third-order valence-corrected chi connectivity index (χ3v) is 2.59. The zero-order valence-electron chi connectivity index (χ0n) is 12.6. The molecule has 106 valence electrons. The fourth-order valence-electron chi connectivity index (χ4n) is 1.49. The molecule has 1 rings (SSSR count). The molecule has 1 heterocycles. The number of nitrogens with zero attached hydrogens (tertiary/aromatic N) is 1. The van der Waals surface area contributed by atoms with Crippen LogP contribution in [0.15, 0.2) is 30.4 Å². The first-order valence-corrected chi connectivity index (χ1v) is 6.79. The third kappa shape index (κ3) is 7.75. The summed E-state index contributed by atoms with van der Waals surface area (Å²) in [7, 11) is 0. The Morgan fingerprint density at radius 2 is 2.00 bits per heavy atom. The molecule has 1 aromatic rings. The van der Waals surface area contributed by atoms with Gasteiger partial charge in [0.05, 0.1) is 24.6 Å². The van der Waals surface area contributed by atoms with Gasteiger partial charge in [-0.05, 0) is 46.2 Å². The molecule has 1 aromatic heterocycles. The molecule has 3 nitrogen and oxygen atoms in total. The number of ether oxygens (including phenoxy) is 1. The smallest absolute Gasteiger partial charge is 0.0888 e. The Labute approximate surface area is 117 Å². The Kier molecular flexibility index (Phi) is 6.19. The van der Waals surface area contributed by atoms with Crippen molar-refractivity contribution in [3.63, 3.8) is 0 Å². The normalized spacial score (nSPS) is 11.6. The minimum absolute atomic E-state index is 0.107. The summed E-state index contributed by atoms with van der Waals surface area (Å²) in [6, 6.07) is 6.07. The van der Waals surface area contributed by atoms with Crippen LogP contribution in [0, 0.1) is 0 Å². The SMILES string of the molecule is C=C(C)CCOCc1cccc(CNC(C)(C)C)n1. The van der Waals surface area contributed by atoms with Gasteiger partial charge in [0, 0.05) is 12.1 Å². The fourth-order valence-corrected chi connectivity index (χ4v) is 1.49. The highest BCUT2D eigenvalue weighted by Crippen LogP contribution is 2.05. The van der Waals surface area contributed by atoms with Crippen molar-refractivity contribution in [1.29, 1.82) is 0 Å². The minimum atomic E-state index is 0.107. The van der Waals surface area contributed by atoms with E-state index in [0.717, 1.165) is 29.9 Å². The summed E-state index contributed by atoms with van der Waals surface area (Å²) in [4.78, 5) is 4.58. The summed E-state index contributed by atoms with van der Waals surface area (Å²) in [5, 5.41) is 3.43. The quantitative estimate of drug-likeness (QED) is 0.603. The summed E-state index contributed by atoms with van der Waals surface area (Å²) in [5.74, 6) is 0. The Morgan fingerprint density at radius 3 is 2.63 bits per heavy atom. The first-order valence-electron chi connectivity index (χ1n) is 6.79. The van der Waals surface area contributed by atoms with Crippen molar-refractivity contribution >= 4 is 0 Å². The van der Waals surface area contributed by atoms with Crippen molar-refractivity contribution in [3.05, 3.63) is 41.7 Å². The van der Waals surface area contributed by atoms with Crippen molar-refractivity contribution in [2.24, 2.45) is 0 Å². The van der Waals surface area contributed by atoms with Crippen LogP contribution in [-0.4, -0.2) is 17.1 Å². The maximum absolute atomic E-state index is 5.59. The van der Waals surface area contributed by atoms with Crippen LogP contribution in [0.25, 0.3) is 0 Å². The van der Waals surface area contributed by atoms with Crippen molar-refractivity contribution in [1.82, 2.24) is 10.3 Å². The maximum Gasteiger partial charge on any atom is 0.0888 e. The maximum atomic E-state index is 5.59. The fraction of sp³-hybridized carbons (Fsp3) is 0.562. The van der Waals surface area contributed by atoms with Gasteiger partial charge in [-0.1, -0.05) is 11.6 Å². The molecular weight excluding hydrogens is 236 g/mol. The highest BCUT2D eigenvalue weighted by atomic mass is 16.5. The van der Waals surface area contributed by atoms with Crippen LogP contribution in [0.2, 0.25) is 0 Å². The van der Waals surface area contributed by atoms with E-state index < -0.39 is 0 Å². The van der Waals surface area contributed by atoms with Crippen molar-refractivity contribution in [3.8, 4) is 0 Å². The standard InChI is InChI=1S/C16H26N2O/c1-13(2)9-10-19-12-15-8-6-7-14(18-15)11-17-16(3,4)5/h6-8,17H,1,9-12H2,2-5H3. The van der Waals surface area contributed by atoms with E-state index in [4.69, 9.17) is 4.74 Å². The van der Waals surface area contributed by atoms with Gasteiger partial charge in [-0.3, -0.25) is 4.98 Å². The molecule has 3 heteroatoms. The average Bonchev–Trinajstić information content (AvgIpc) is 2.32. The largest absolute Gasteiger partial charge is 0.375 e. The zero-order valence-corrected chi connectivity index (χ0v) is 12.6. The van der Waals surface area contributed by atoms with Crippen LogP contribution in [0.1, 0.15) is 45.5 Å². The second-order valence-electron chi connectivity index (χ2n) is 5.98. The first-order chi connectivity index (χ1) is 8.87. The van der Waals surface area contributed by atoms with Crippen LogP contribution in [0.5, 0.6) is 0 Å². The number of hydrogen-bond acceptors (Lipinski definition) is 3. The van der Waals surface area contributed by atoms with E-state index in [1.54, 1.807) is 0 Å². The van der Waals surface area contributed by atoms with Gasteiger partial charge in [-0.25, -0.2) is 0 Å². The lowest BCUT2D eigenvalue weighted by molar-refractivity contribution is 0.121. The molecule has 0 fully saturated rings. The minimum Gasteiger partial charge on any atom is -0.375 e. The molecule has 0 radical (unpaired) electrons. The van der Waals surface area contributed by atoms with Crippen LogP contribution < -0.4 is 5.32 Å². The number of rotatable bonds is 7. The molecule has 0 aliphatic carbocycles. The lowest BCUT2D eigenvalue weighted by atomic mass is 10.1. The number of hydrogen-bond donors (Lipinski definition) is 1. The Balaban J connectivity index is 2.41. The van der Waals surface area contributed by atoms with Crippen LogP contribution >= 0.6 is 0 Å². The van der Waals surface area contributed by atoms with Gasteiger partial charge in [0.15, 0.2) is 0 Å². The van der Waals surface area contributed by atoms with Crippen LogP contribution in [0.3, 0.4) is 0 Å². The van der Waals surface area contributed by atoms with Gasteiger partial charge >= 0.3 is 0 Å². The molecule has 0 bridgehead atoms. The lowest BCUT2D eigenvalue weighted by Crippen LogP contribution is -2.35. The Morgan fingerprint density at radius 1 is 1.32 bits per heavy atom. The zero-order chi connectivity index (χ0) is 14.3. The highest BCUT2D eigenvalue weighted by Gasteiger charge is 2.08. The predicted molar refractivity (Wildman–Crippen MR) is 79.9 cm³/mol. The topological polar surface area (TPSA) is 34.1 Å². The Bertz CT molecular complexity index is 407. The summed E-state index contributed by atoms with van der Waals surface area (Å²) >= 11 is 0. The Hall–Kier alpha value is -1.19. The van der Waals surface area contributed by atoms with E-state index in [1.165, 1.54) is 0 Å². The second kappa shape index (κ2) is 7.41. The van der Waals surface area contributed by atoms with Gasteiger partial charge in [0.1, 0.15) is 0 Å². The molecule has 0 saturated heterocycles. The van der Waals surface area contributed by atoms with Gasteiger partial charge in [-0.2, -0.15) is 0 Å². The molecule has 0 aromatic carbocycles. The van der Waals surface area contributed by atoms with E-state index in [-0.39, 0.29) is 5.54 Å². The van der Waals surface area contributed by atoms with Crippen LogP contribution in [0.4, 0.5) is 0 Å². The van der Waals surface area contributed by atoms with Gasteiger partial charge in [0.25, 0.3) is 0 Å². The number of aromatic nitrogens is 1. The van der Waals surface area contributed by atoms with E-state index in [2.05, 4.69) is 37.7 Å². The summed E-state index contributed by atoms with van der Waals surface area (Å²) in [6.45, 7) is 14.4. The summed E-state index contributed by atoms with van der Waals surface area (Å²) in [5.41, 5.74) is 3.29. The molecule has 0 unspecified atom stereocenters. The van der Waals surface area contributed by atoms with E-state index in [9.17, 15) is 0 Å². The summed E-state index contributed by atoms with van der Waals surface area (Å²) in [6.07, 6.45) is 0.908. The van der Waals surface area contributed by atoms with Crippen LogP contribution in [-0.2, 0) is 17.9 Å². The molecule has 19 heavy (non-hydrogen) atoms. The van der Waals surface area contributed by atoms with E-state index in [0.29, 0.717) is 13.2 Å². The predicted octanol–water partition coefficient (Wildman–Crippen LogP) is 3.45. The van der Waals surface area contributed by atoms with Crippen molar-refractivity contribution in [2.75, 3.05) is 6.61 Å².